The monoisotopic (exact) mass is 357 g/mol. The highest BCUT2D eigenvalue weighted by Crippen LogP contribution is 2.17. The van der Waals surface area contributed by atoms with Crippen LogP contribution in [0.25, 0.3) is 0 Å². The number of carboxylic acids is 2. The molecule has 0 aliphatic heterocycles. The molecule has 8 heteroatoms. The van der Waals surface area contributed by atoms with Crippen LogP contribution in [-0.2, 0) is 14.3 Å². The average Bonchev–Trinajstić information content (AvgIpc) is 2.57. The summed E-state index contributed by atoms with van der Waals surface area (Å²) < 4.78 is 16.5. The van der Waals surface area contributed by atoms with Crippen molar-refractivity contribution in [2.75, 3.05) is 47.1 Å². The summed E-state index contributed by atoms with van der Waals surface area (Å²) in [5.74, 6) is -1.92. The molecule has 2 N–H and O–H groups in total. The van der Waals surface area contributed by atoms with Crippen LogP contribution < -0.4 is 9.47 Å². The van der Waals surface area contributed by atoms with Crippen LogP contribution >= 0.6 is 0 Å². The van der Waals surface area contributed by atoms with Crippen LogP contribution in [-0.4, -0.2) is 74.1 Å². The molecule has 25 heavy (non-hydrogen) atoms. The van der Waals surface area contributed by atoms with Gasteiger partial charge in [0.2, 0.25) is 0 Å². The highest BCUT2D eigenvalue weighted by Gasteiger charge is 2.04. The minimum Gasteiger partial charge on any atom is -0.494 e. The first-order valence-corrected chi connectivity index (χ1v) is 7.91. The predicted molar refractivity (Wildman–Crippen MR) is 92.4 cm³/mol. The number of carboxylic acid groups (broad SMARTS) is 2. The molecule has 0 saturated heterocycles. The molecule has 1 aromatic rings. The van der Waals surface area contributed by atoms with E-state index >= 15 is 0 Å². The molecule has 1 aromatic carbocycles. The van der Waals surface area contributed by atoms with Gasteiger partial charge in [-0.05, 0) is 44.8 Å². The van der Waals surface area contributed by atoms with Crippen LogP contribution in [0, 0.1) is 0 Å². The molecule has 8 nitrogen and oxygen atoms in total. The maximum absolute atomic E-state index is 9.10. The maximum Gasteiger partial charge on any atom is 0.414 e. The van der Waals surface area contributed by atoms with Crippen molar-refractivity contribution in [2.45, 2.75) is 13.3 Å². The second-order valence-electron chi connectivity index (χ2n) is 5.19. The van der Waals surface area contributed by atoms with E-state index in [1.807, 2.05) is 38.4 Å². The van der Waals surface area contributed by atoms with Crippen molar-refractivity contribution in [3.8, 4) is 11.5 Å². The second kappa shape index (κ2) is 14.1. The van der Waals surface area contributed by atoms with Crippen molar-refractivity contribution in [2.24, 2.45) is 0 Å². The molecule has 142 valence electrons. The van der Waals surface area contributed by atoms with E-state index in [1.165, 1.54) is 0 Å². The summed E-state index contributed by atoms with van der Waals surface area (Å²) in [6.07, 6.45) is 1.02. The third kappa shape index (κ3) is 13.8. The molecular weight excluding hydrogens is 330 g/mol. The molecule has 1 rings (SSSR count). The van der Waals surface area contributed by atoms with E-state index in [9.17, 15) is 0 Å². The van der Waals surface area contributed by atoms with Gasteiger partial charge in [-0.2, -0.15) is 0 Å². The Morgan fingerprint density at radius 1 is 0.880 bits per heavy atom. The van der Waals surface area contributed by atoms with Gasteiger partial charge in [0, 0.05) is 6.54 Å². The molecule has 0 bridgehead atoms. The Morgan fingerprint density at radius 3 is 1.76 bits per heavy atom. The van der Waals surface area contributed by atoms with E-state index in [-0.39, 0.29) is 0 Å². The second-order valence-corrected chi connectivity index (χ2v) is 5.19. The number of carbonyl (C=O) groups is 2. The SMILES string of the molecule is CCCOc1ccc(OCCOCCN(C)C)cc1.O=C(O)C(=O)O. The van der Waals surface area contributed by atoms with E-state index < -0.39 is 11.9 Å². The lowest BCUT2D eigenvalue weighted by Gasteiger charge is -2.11. The highest BCUT2D eigenvalue weighted by atomic mass is 16.5. The molecule has 0 saturated carbocycles. The normalized spacial score (nSPS) is 9.92. The van der Waals surface area contributed by atoms with Crippen molar-refractivity contribution in [1.82, 2.24) is 4.90 Å². The fourth-order valence-corrected chi connectivity index (χ4v) is 1.42. The quantitative estimate of drug-likeness (QED) is 0.480. The van der Waals surface area contributed by atoms with Crippen LogP contribution in [0.1, 0.15) is 13.3 Å². The summed E-state index contributed by atoms with van der Waals surface area (Å²) in [4.78, 5) is 20.3. The molecule has 0 amide bonds. The first-order chi connectivity index (χ1) is 11.9. The molecule has 0 radical (unpaired) electrons. The fourth-order valence-electron chi connectivity index (χ4n) is 1.42. The number of nitrogens with zero attached hydrogens (tertiary/aromatic N) is 1. The third-order valence-corrected chi connectivity index (χ3v) is 2.66. The summed E-state index contributed by atoms with van der Waals surface area (Å²) in [5.41, 5.74) is 0. The molecule has 0 aliphatic carbocycles. The van der Waals surface area contributed by atoms with Gasteiger partial charge in [-0.3, -0.25) is 0 Å². The van der Waals surface area contributed by atoms with Crippen molar-refractivity contribution in [1.29, 1.82) is 0 Å². The first kappa shape index (κ1) is 22.7. The van der Waals surface area contributed by atoms with Gasteiger partial charge in [0.15, 0.2) is 0 Å². The Kier molecular flexibility index (Phi) is 12.8. The number of hydrogen-bond donors (Lipinski definition) is 2. The number of benzene rings is 1. The van der Waals surface area contributed by atoms with Crippen LogP contribution in [0.5, 0.6) is 11.5 Å². The summed E-state index contributed by atoms with van der Waals surface area (Å²) >= 11 is 0. The summed E-state index contributed by atoms with van der Waals surface area (Å²) in [6, 6.07) is 7.70. The van der Waals surface area contributed by atoms with Crippen molar-refractivity contribution >= 4 is 11.9 Å². The largest absolute Gasteiger partial charge is 0.494 e. The van der Waals surface area contributed by atoms with Gasteiger partial charge in [-0.25, -0.2) is 9.59 Å². The lowest BCUT2D eigenvalue weighted by molar-refractivity contribution is -0.159. The highest BCUT2D eigenvalue weighted by molar-refractivity contribution is 6.27. The summed E-state index contributed by atoms with van der Waals surface area (Å²) in [6.45, 7) is 5.70. The van der Waals surface area contributed by atoms with E-state index in [0.717, 1.165) is 37.7 Å². The number of hydrogen-bond acceptors (Lipinski definition) is 6. The molecule has 0 spiro atoms. The lowest BCUT2D eigenvalue weighted by atomic mass is 10.3. The number of rotatable bonds is 10. The van der Waals surface area contributed by atoms with Gasteiger partial charge in [0.25, 0.3) is 0 Å². The van der Waals surface area contributed by atoms with Crippen LogP contribution in [0.3, 0.4) is 0 Å². The molecule has 0 aliphatic rings. The smallest absolute Gasteiger partial charge is 0.414 e. The van der Waals surface area contributed by atoms with E-state index in [2.05, 4.69) is 11.8 Å². The maximum atomic E-state index is 9.10. The summed E-state index contributed by atoms with van der Waals surface area (Å²) in [7, 11) is 4.06. The van der Waals surface area contributed by atoms with Gasteiger partial charge < -0.3 is 29.3 Å². The number of ether oxygens (including phenoxy) is 3. The van der Waals surface area contributed by atoms with Gasteiger partial charge in [0.1, 0.15) is 18.1 Å². The Hall–Kier alpha value is -2.32. The number of aliphatic carboxylic acids is 2. The topological polar surface area (TPSA) is 106 Å². The zero-order valence-corrected chi connectivity index (χ0v) is 14.9. The molecule has 0 aromatic heterocycles. The van der Waals surface area contributed by atoms with Gasteiger partial charge in [0.05, 0.1) is 19.8 Å². The summed E-state index contributed by atoms with van der Waals surface area (Å²) in [5, 5.41) is 14.8. The van der Waals surface area contributed by atoms with Gasteiger partial charge >= 0.3 is 11.9 Å². The Morgan fingerprint density at radius 2 is 1.36 bits per heavy atom. The third-order valence-electron chi connectivity index (χ3n) is 2.66. The molecule has 0 unspecified atom stereocenters. The Bertz CT molecular complexity index is 476. The van der Waals surface area contributed by atoms with E-state index in [1.54, 1.807) is 0 Å². The van der Waals surface area contributed by atoms with Crippen LogP contribution in [0.2, 0.25) is 0 Å². The minimum atomic E-state index is -1.82. The van der Waals surface area contributed by atoms with Gasteiger partial charge in [-0.1, -0.05) is 6.92 Å². The van der Waals surface area contributed by atoms with E-state index in [0.29, 0.717) is 13.2 Å². The van der Waals surface area contributed by atoms with E-state index in [4.69, 9.17) is 34.0 Å². The first-order valence-electron chi connectivity index (χ1n) is 7.91. The van der Waals surface area contributed by atoms with Gasteiger partial charge in [-0.15, -0.1) is 0 Å². The average molecular weight is 357 g/mol. The Labute approximate surface area is 147 Å². The standard InChI is InChI=1S/C15H25NO3.C2H2O4/c1-4-10-18-14-5-7-15(8-6-14)19-13-12-17-11-9-16(2)3;3-1(4)2(5)6/h5-8H,4,9-13H2,1-3H3;(H,3,4)(H,5,6). The van der Waals surface area contributed by atoms with Crippen molar-refractivity contribution in [3.63, 3.8) is 0 Å². The zero-order valence-electron chi connectivity index (χ0n) is 14.9. The lowest BCUT2D eigenvalue weighted by Crippen LogP contribution is -2.19. The fraction of sp³-hybridized carbons (Fsp3) is 0.529. The number of likely N-dealkylation sites (N-methyl/N-ethyl adjacent to an activating group) is 1. The molecule has 0 fully saturated rings. The van der Waals surface area contributed by atoms with Crippen LogP contribution in [0.15, 0.2) is 24.3 Å². The molecule has 0 heterocycles. The predicted octanol–water partition coefficient (Wildman–Crippen LogP) is 1.59. The van der Waals surface area contributed by atoms with Crippen molar-refractivity contribution < 1.29 is 34.0 Å². The Balaban J connectivity index is 0.000000823. The molecular formula is C17H27NO7. The minimum absolute atomic E-state index is 0.572. The zero-order chi connectivity index (χ0) is 19.1. The van der Waals surface area contributed by atoms with Crippen LogP contribution in [0.4, 0.5) is 0 Å². The molecule has 0 atom stereocenters. The van der Waals surface area contributed by atoms with Crippen molar-refractivity contribution in [3.05, 3.63) is 24.3 Å².